The minimum absolute atomic E-state index is 0.0176. The first kappa shape index (κ1) is 21.1. The van der Waals surface area contributed by atoms with Crippen molar-refractivity contribution in [1.29, 1.82) is 0 Å². The van der Waals surface area contributed by atoms with Crippen LogP contribution in [-0.4, -0.2) is 36.1 Å². The third-order valence-corrected chi connectivity index (χ3v) is 5.82. The van der Waals surface area contributed by atoms with E-state index in [1.807, 2.05) is 18.2 Å². The Labute approximate surface area is 187 Å². The van der Waals surface area contributed by atoms with Gasteiger partial charge in [0, 0.05) is 36.5 Å². The molecule has 0 spiro atoms. The number of ether oxygens (including phenoxy) is 1. The number of rotatable bonds is 5. The summed E-state index contributed by atoms with van der Waals surface area (Å²) in [5, 5.41) is 3.45. The van der Waals surface area contributed by atoms with Crippen molar-refractivity contribution >= 4 is 29.0 Å². The molecule has 1 amide bonds. The summed E-state index contributed by atoms with van der Waals surface area (Å²) >= 11 is 6.16. The third kappa shape index (κ3) is 4.97. The highest BCUT2D eigenvalue weighted by Crippen LogP contribution is 2.29. The highest BCUT2D eigenvalue weighted by Gasteiger charge is 2.26. The normalized spacial score (nSPS) is 14.4. The van der Waals surface area contributed by atoms with E-state index in [4.69, 9.17) is 21.3 Å². The molecule has 0 aliphatic carbocycles. The summed E-state index contributed by atoms with van der Waals surface area (Å²) in [4.78, 5) is 24.1. The number of hydrogen-bond donors (Lipinski definition) is 1. The molecule has 0 unspecified atom stereocenters. The second kappa shape index (κ2) is 9.35. The fourth-order valence-corrected chi connectivity index (χ4v) is 4.07. The smallest absolute Gasteiger partial charge is 0.227 e. The standard InChI is InChI=1S/C24H25ClN4O2/c1-16-4-3-5-18(14-16)23-26-11-8-22(28-23)29-12-9-17(10-13-29)24(30)27-19-6-7-21(31-2)20(25)15-19/h3-8,11,14-15,17H,9-10,12-13H2,1-2H3,(H,27,30). The minimum atomic E-state index is -0.0461. The number of carbonyl (C=O) groups excluding carboxylic acids is 1. The van der Waals surface area contributed by atoms with E-state index >= 15 is 0 Å². The Bertz CT molecular complexity index is 1080. The number of nitrogens with zero attached hydrogens (tertiary/aromatic N) is 3. The molecule has 1 aromatic heterocycles. The van der Waals surface area contributed by atoms with Gasteiger partial charge in [-0.3, -0.25) is 4.79 Å². The number of piperidine rings is 1. The predicted octanol–water partition coefficient (Wildman–Crippen LogP) is 4.97. The van der Waals surface area contributed by atoms with Gasteiger partial charge in [0.1, 0.15) is 11.6 Å². The molecule has 3 aromatic rings. The van der Waals surface area contributed by atoms with Crippen LogP contribution in [0.3, 0.4) is 0 Å². The second-order valence-corrected chi connectivity index (χ2v) is 8.12. The van der Waals surface area contributed by atoms with Gasteiger partial charge in [-0.05, 0) is 50.1 Å². The van der Waals surface area contributed by atoms with E-state index in [9.17, 15) is 4.79 Å². The van der Waals surface area contributed by atoms with Gasteiger partial charge in [0.05, 0.1) is 12.1 Å². The lowest BCUT2D eigenvalue weighted by Crippen LogP contribution is -2.38. The molecule has 1 aliphatic rings. The van der Waals surface area contributed by atoms with E-state index in [1.165, 1.54) is 5.56 Å². The van der Waals surface area contributed by atoms with E-state index < -0.39 is 0 Å². The fourth-order valence-electron chi connectivity index (χ4n) is 3.81. The lowest BCUT2D eigenvalue weighted by Gasteiger charge is -2.32. The van der Waals surface area contributed by atoms with Crippen LogP contribution < -0.4 is 15.0 Å². The second-order valence-electron chi connectivity index (χ2n) is 7.71. The van der Waals surface area contributed by atoms with Crippen LogP contribution in [0, 0.1) is 12.8 Å². The zero-order valence-corrected chi connectivity index (χ0v) is 18.4. The number of nitrogens with one attached hydrogen (secondary N) is 1. The van der Waals surface area contributed by atoms with Gasteiger partial charge < -0.3 is 15.0 Å². The molecule has 31 heavy (non-hydrogen) atoms. The monoisotopic (exact) mass is 436 g/mol. The summed E-state index contributed by atoms with van der Waals surface area (Å²) in [5.74, 6) is 2.17. The first-order valence-corrected chi connectivity index (χ1v) is 10.7. The van der Waals surface area contributed by atoms with Crippen molar-refractivity contribution in [2.24, 2.45) is 5.92 Å². The Kier molecular flexibility index (Phi) is 6.37. The van der Waals surface area contributed by atoms with Crippen molar-refractivity contribution in [3.05, 3.63) is 65.3 Å². The lowest BCUT2D eigenvalue weighted by molar-refractivity contribution is -0.120. The van der Waals surface area contributed by atoms with Crippen LogP contribution in [-0.2, 0) is 4.79 Å². The van der Waals surface area contributed by atoms with Crippen LogP contribution in [0.5, 0.6) is 5.75 Å². The van der Waals surface area contributed by atoms with E-state index in [0.29, 0.717) is 16.5 Å². The van der Waals surface area contributed by atoms with E-state index in [2.05, 4.69) is 34.3 Å². The zero-order valence-electron chi connectivity index (χ0n) is 17.6. The Balaban J connectivity index is 1.38. The van der Waals surface area contributed by atoms with E-state index in [0.717, 1.165) is 43.1 Å². The fraction of sp³-hybridized carbons (Fsp3) is 0.292. The number of carbonyl (C=O) groups is 1. The molecule has 160 valence electrons. The molecule has 7 heteroatoms. The number of halogens is 1. The first-order chi connectivity index (χ1) is 15.0. The van der Waals surface area contributed by atoms with Crippen molar-refractivity contribution in [2.45, 2.75) is 19.8 Å². The number of anilines is 2. The number of amides is 1. The summed E-state index contributed by atoms with van der Waals surface area (Å²) in [7, 11) is 1.56. The van der Waals surface area contributed by atoms with Gasteiger partial charge in [0.15, 0.2) is 5.82 Å². The number of aromatic nitrogens is 2. The van der Waals surface area contributed by atoms with Crippen LogP contribution in [0.2, 0.25) is 5.02 Å². The largest absolute Gasteiger partial charge is 0.495 e. The van der Waals surface area contributed by atoms with Gasteiger partial charge >= 0.3 is 0 Å². The molecule has 0 radical (unpaired) electrons. The molecular formula is C24H25ClN4O2. The summed E-state index contributed by atoms with van der Waals surface area (Å²) in [6.45, 7) is 3.60. The van der Waals surface area contributed by atoms with Crippen LogP contribution in [0.15, 0.2) is 54.7 Å². The number of aryl methyl sites for hydroxylation is 1. The van der Waals surface area contributed by atoms with Crippen LogP contribution >= 0.6 is 11.6 Å². The van der Waals surface area contributed by atoms with Crippen molar-refractivity contribution in [2.75, 3.05) is 30.4 Å². The van der Waals surface area contributed by atoms with Gasteiger partial charge in [0.25, 0.3) is 0 Å². The Morgan fingerprint density at radius 3 is 2.68 bits per heavy atom. The van der Waals surface area contributed by atoms with Crippen LogP contribution in [0.4, 0.5) is 11.5 Å². The van der Waals surface area contributed by atoms with Crippen molar-refractivity contribution in [1.82, 2.24) is 9.97 Å². The molecule has 4 rings (SSSR count). The van der Waals surface area contributed by atoms with E-state index in [1.54, 1.807) is 31.5 Å². The summed E-state index contributed by atoms with van der Waals surface area (Å²) in [6.07, 6.45) is 3.32. The average Bonchev–Trinajstić information content (AvgIpc) is 2.79. The van der Waals surface area contributed by atoms with E-state index in [-0.39, 0.29) is 11.8 Å². The zero-order chi connectivity index (χ0) is 21.8. The Hall–Kier alpha value is -3.12. The molecule has 1 fully saturated rings. The molecule has 1 saturated heterocycles. The highest BCUT2D eigenvalue weighted by molar-refractivity contribution is 6.32. The predicted molar refractivity (Wildman–Crippen MR) is 124 cm³/mol. The summed E-state index contributed by atoms with van der Waals surface area (Å²) in [6, 6.07) is 15.4. The molecule has 2 heterocycles. The molecule has 0 atom stereocenters. The van der Waals surface area contributed by atoms with Gasteiger partial charge in [-0.1, -0.05) is 35.4 Å². The summed E-state index contributed by atoms with van der Waals surface area (Å²) < 4.78 is 5.16. The maximum Gasteiger partial charge on any atom is 0.227 e. The van der Waals surface area contributed by atoms with Crippen LogP contribution in [0.25, 0.3) is 11.4 Å². The SMILES string of the molecule is COc1ccc(NC(=O)C2CCN(c3ccnc(-c4cccc(C)c4)n3)CC2)cc1Cl. The van der Waals surface area contributed by atoms with Crippen LogP contribution in [0.1, 0.15) is 18.4 Å². The number of benzene rings is 2. The number of methoxy groups -OCH3 is 1. The maximum atomic E-state index is 12.7. The average molecular weight is 437 g/mol. The summed E-state index contributed by atoms with van der Waals surface area (Å²) in [5.41, 5.74) is 2.86. The van der Waals surface area contributed by atoms with Crippen molar-refractivity contribution in [3.8, 4) is 17.1 Å². The third-order valence-electron chi connectivity index (χ3n) is 5.53. The highest BCUT2D eigenvalue weighted by atomic mass is 35.5. The van der Waals surface area contributed by atoms with Gasteiger partial charge in [0.2, 0.25) is 5.91 Å². The lowest BCUT2D eigenvalue weighted by atomic mass is 9.96. The molecule has 0 saturated carbocycles. The minimum Gasteiger partial charge on any atom is -0.495 e. The number of hydrogen-bond acceptors (Lipinski definition) is 5. The maximum absolute atomic E-state index is 12.7. The van der Waals surface area contributed by atoms with Crippen molar-refractivity contribution in [3.63, 3.8) is 0 Å². The van der Waals surface area contributed by atoms with Gasteiger partial charge in [-0.2, -0.15) is 0 Å². The Morgan fingerprint density at radius 1 is 1.16 bits per heavy atom. The quantitative estimate of drug-likeness (QED) is 0.611. The van der Waals surface area contributed by atoms with Gasteiger partial charge in [-0.25, -0.2) is 9.97 Å². The molecule has 1 aliphatic heterocycles. The Morgan fingerprint density at radius 2 is 1.97 bits per heavy atom. The molecule has 6 nitrogen and oxygen atoms in total. The van der Waals surface area contributed by atoms with Gasteiger partial charge in [-0.15, -0.1) is 0 Å². The molecule has 0 bridgehead atoms. The molecular weight excluding hydrogens is 412 g/mol. The molecule has 2 aromatic carbocycles. The topological polar surface area (TPSA) is 67.3 Å². The molecule has 1 N–H and O–H groups in total. The van der Waals surface area contributed by atoms with Crippen molar-refractivity contribution < 1.29 is 9.53 Å². The first-order valence-electron chi connectivity index (χ1n) is 10.3.